The van der Waals surface area contributed by atoms with E-state index in [1.807, 2.05) is 29.9 Å². The summed E-state index contributed by atoms with van der Waals surface area (Å²) in [5.74, 6) is -0.934. The molecule has 4 heterocycles. The van der Waals surface area contributed by atoms with Crippen molar-refractivity contribution in [3.8, 4) is 11.3 Å². The van der Waals surface area contributed by atoms with Crippen LogP contribution in [-0.4, -0.2) is 37.1 Å². The Morgan fingerprint density at radius 1 is 1.23 bits per heavy atom. The number of hydrogen-bond donors (Lipinski definition) is 3. The van der Waals surface area contributed by atoms with Gasteiger partial charge in [-0.05, 0) is 48.7 Å². The predicted molar refractivity (Wildman–Crippen MR) is 120 cm³/mol. The first-order valence-corrected chi connectivity index (χ1v) is 10.3. The molecular weight excluding hydrogens is 398 g/mol. The molecule has 0 aliphatic rings. The highest BCUT2D eigenvalue weighted by Crippen LogP contribution is 2.31. The van der Waals surface area contributed by atoms with E-state index in [0.717, 1.165) is 40.6 Å². The van der Waals surface area contributed by atoms with Crippen molar-refractivity contribution in [2.75, 3.05) is 6.54 Å². The maximum absolute atomic E-state index is 11.2. The molecule has 152 valence electrons. The summed E-state index contributed by atoms with van der Waals surface area (Å²) in [4.78, 5) is 24.3. The van der Waals surface area contributed by atoms with Gasteiger partial charge in [0.15, 0.2) is 5.65 Å². The zero-order valence-electron chi connectivity index (χ0n) is 16.4. The summed E-state index contributed by atoms with van der Waals surface area (Å²) in [7, 11) is 1.94. The van der Waals surface area contributed by atoms with Gasteiger partial charge in [-0.25, -0.2) is 9.78 Å². The number of H-pyrrole nitrogens is 1. The molecule has 5 aromatic rings. The first kappa shape index (κ1) is 19.8. The fraction of sp³-hybridized carbons (Fsp3) is 0.136. The molecule has 0 unspecified atom stereocenters. The van der Waals surface area contributed by atoms with E-state index in [1.54, 1.807) is 35.9 Å². The molecule has 8 heteroatoms. The number of fused-ring (bicyclic) bond motifs is 2. The second-order valence-electron chi connectivity index (χ2n) is 6.78. The summed E-state index contributed by atoms with van der Waals surface area (Å²) in [6.45, 7) is 0.764. The summed E-state index contributed by atoms with van der Waals surface area (Å²) in [5, 5.41) is 12.1. The molecule has 0 spiro atoms. The van der Waals surface area contributed by atoms with Crippen molar-refractivity contribution in [1.29, 1.82) is 0 Å². The molecule has 0 atom stereocenters. The van der Waals surface area contributed by atoms with Crippen molar-refractivity contribution >= 4 is 39.4 Å². The highest BCUT2D eigenvalue weighted by atomic mass is 32.1. The Bertz CT molecular complexity index is 1270. The minimum absolute atomic E-state index is 0.271. The molecule has 0 fully saturated rings. The average molecular weight is 420 g/mol. The third kappa shape index (κ3) is 3.96. The number of benzene rings is 1. The van der Waals surface area contributed by atoms with E-state index in [1.165, 1.54) is 4.88 Å². The van der Waals surface area contributed by atoms with Crippen molar-refractivity contribution in [2.24, 2.45) is 12.8 Å². The third-order valence-electron chi connectivity index (χ3n) is 4.76. The number of aromatic nitrogens is 4. The second-order valence-corrected chi connectivity index (χ2v) is 7.81. The minimum Gasteiger partial charge on any atom is -0.478 e. The summed E-state index contributed by atoms with van der Waals surface area (Å²) < 4.78 is 1.97. The van der Waals surface area contributed by atoms with Crippen molar-refractivity contribution in [3.05, 3.63) is 70.8 Å². The van der Waals surface area contributed by atoms with Gasteiger partial charge in [0.1, 0.15) is 5.52 Å². The maximum Gasteiger partial charge on any atom is 0.335 e. The molecule has 0 aliphatic heterocycles. The van der Waals surface area contributed by atoms with Crippen LogP contribution in [0.15, 0.2) is 60.4 Å². The largest absolute Gasteiger partial charge is 0.478 e. The molecule has 0 radical (unpaired) electrons. The highest BCUT2D eigenvalue weighted by molar-refractivity contribution is 7.09. The van der Waals surface area contributed by atoms with Gasteiger partial charge in [0.25, 0.3) is 0 Å². The lowest BCUT2D eigenvalue weighted by atomic mass is 10.1. The van der Waals surface area contributed by atoms with Crippen LogP contribution in [0.1, 0.15) is 15.2 Å². The minimum atomic E-state index is -0.934. The molecule has 30 heavy (non-hydrogen) atoms. The van der Waals surface area contributed by atoms with Crippen LogP contribution in [0.2, 0.25) is 0 Å². The van der Waals surface area contributed by atoms with Gasteiger partial charge in [-0.3, -0.25) is 4.98 Å². The Labute approximate surface area is 176 Å². The average Bonchev–Trinajstić information content (AvgIpc) is 3.47. The van der Waals surface area contributed by atoms with E-state index in [4.69, 9.17) is 5.73 Å². The van der Waals surface area contributed by atoms with Crippen LogP contribution in [-0.2, 0) is 13.5 Å². The number of nitrogens with two attached hydrogens (primary N) is 1. The lowest BCUT2D eigenvalue weighted by Gasteiger charge is -1.99. The standard InChI is InChI=1S/C16H12N4O2.C6H9NS/c1-20-8-11(10-6-9(16(21)22)2-3-14(10)20)12-7-13-15(19-12)18-5-4-17-13;7-4-3-6-2-1-5-8-6/h2-8H,1H3,(H,18,19)(H,21,22);1-2,5H,3-4,7H2. The van der Waals surface area contributed by atoms with Crippen LogP contribution >= 0.6 is 11.3 Å². The van der Waals surface area contributed by atoms with Gasteiger partial charge in [0, 0.05) is 47.0 Å². The van der Waals surface area contributed by atoms with Crippen molar-refractivity contribution in [3.63, 3.8) is 0 Å². The van der Waals surface area contributed by atoms with Crippen LogP contribution in [0.25, 0.3) is 33.3 Å². The van der Waals surface area contributed by atoms with E-state index >= 15 is 0 Å². The highest BCUT2D eigenvalue weighted by Gasteiger charge is 2.14. The number of rotatable bonds is 4. The molecule has 4 aromatic heterocycles. The van der Waals surface area contributed by atoms with Gasteiger partial charge < -0.3 is 20.4 Å². The first-order valence-electron chi connectivity index (χ1n) is 9.41. The fourth-order valence-corrected chi connectivity index (χ4v) is 4.06. The number of aromatic carboxylic acids is 1. The zero-order valence-corrected chi connectivity index (χ0v) is 17.2. The molecule has 0 amide bonds. The lowest BCUT2D eigenvalue weighted by molar-refractivity contribution is 0.0697. The summed E-state index contributed by atoms with van der Waals surface area (Å²) in [5.41, 5.74) is 9.86. The monoisotopic (exact) mass is 419 g/mol. The number of carbonyl (C=O) groups is 1. The molecule has 7 nitrogen and oxygen atoms in total. The molecule has 0 saturated heterocycles. The van der Waals surface area contributed by atoms with Gasteiger partial charge in [-0.1, -0.05) is 6.07 Å². The Balaban J connectivity index is 0.000000230. The van der Waals surface area contributed by atoms with Crippen LogP contribution in [0.5, 0.6) is 0 Å². The van der Waals surface area contributed by atoms with E-state index in [9.17, 15) is 9.90 Å². The SMILES string of the molecule is Cn1cc(-c2cc3nccnc3[nH]2)c2cc(C(=O)O)ccc21.NCCc1cccs1. The first-order chi connectivity index (χ1) is 14.6. The summed E-state index contributed by atoms with van der Waals surface area (Å²) >= 11 is 1.77. The zero-order chi connectivity index (χ0) is 21.1. The Kier molecular flexibility index (Phi) is 5.60. The number of aromatic amines is 1. The van der Waals surface area contributed by atoms with Crippen LogP contribution in [0.4, 0.5) is 0 Å². The second kappa shape index (κ2) is 8.48. The van der Waals surface area contributed by atoms with Crippen molar-refractivity contribution in [2.45, 2.75) is 6.42 Å². The van der Waals surface area contributed by atoms with Gasteiger partial charge in [-0.15, -0.1) is 11.3 Å². The lowest BCUT2D eigenvalue weighted by Crippen LogP contribution is -2.00. The smallest absolute Gasteiger partial charge is 0.335 e. The van der Waals surface area contributed by atoms with Crippen LogP contribution in [0, 0.1) is 0 Å². The molecule has 0 bridgehead atoms. The quantitative estimate of drug-likeness (QED) is 0.407. The number of carboxylic acid groups (broad SMARTS) is 1. The number of hydrogen-bond acceptors (Lipinski definition) is 5. The summed E-state index contributed by atoms with van der Waals surface area (Å²) in [6.07, 6.45) is 6.28. The van der Waals surface area contributed by atoms with Crippen molar-refractivity contribution < 1.29 is 9.90 Å². The van der Waals surface area contributed by atoms with Gasteiger partial charge in [0.2, 0.25) is 0 Å². The third-order valence-corrected chi connectivity index (χ3v) is 5.69. The van der Waals surface area contributed by atoms with Crippen molar-refractivity contribution in [1.82, 2.24) is 19.5 Å². The van der Waals surface area contributed by atoms with E-state index in [0.29, 0.717) is 5.65 Å². The van der Waals surface area contributed by atoms with Gasteiger partial charge in [0.05, 0.1) is 11.3 Å². The van der Waals surface area contributed by atoms with Gasteiger partial charge in [-0.2, -0.15) is 0 Å². The normalized spacial score (nSPS) is 10.9. The molecular formula is C22H21N5O2S. The topological polar surface area (TPSA) is 110 Å². The van der Waals surface area contributed by atoms with E-state index in [-0.39, 0.29) is 5.56 Å². The van der Waals surface area contributed by atoms with Crippen LogP contribution < -0.4 is 5.73 Å². The Morgan fingerprint density at radius 2 is 2.07 bits per heavy atom. The molecule has 0 aliphatic carbocycles. The molecule has 1 aromatic carbocycles. The number of nitrogens with zero attached hydrogens (tertiary/aromatic N) is 3. The summed E-state index contributed by atoms with van der Waals surface area (Å²) in [6, 6.07) is 11.2. The van der Waals surface area contributed by atoms with Crippen LogP contribution in [0.3, 0.4) is 0 Å². The maximum atomic E-state index is 11.2. The Hall–Kier alpha value is -3.49. The Morgan fingerprint density at radius 3 is 2.77 bits per heavy atom. The van der Waals surface area contributed by atoms with E-state index in [2.05, 4.69) is 32.5 Å². The number of thiophene rings is 1. The predicted octanol–water partition coefficient (Wildman–Crippen LogP) is 4.06. The number of carboxylic acids is 1. The van der Waals surface area contributed by atoms with E-state index < -0.39 is 5.97 Å². The molecule has 4 N–H and O–H groups in total. The number of aryl methyl sites for hydroxylation is 1. The number of nitrogens with one attached hydrogen (secondary N) is 1. The fourth-order valence-electron chi connectivity index (χ4n) is 3.33. The molecule has 5 rings (SSSR count). The molecule has 0 saturated carbocycles. The van der Waals surface area contributed by atoms with Gasteiger partial charge >= 0.3 is 5.97 Å².